The molecular formula is C13H16N2OS. The van der Waals surface area contributed by atoms with Gasteiger partial charge in [0.25, 0.3) is 0 Å². The number of nitrogens with one attached hydrogen (secondary N) is 1. The SMILES string of the molecule is CCSc1ccc(C(=O)CC2=NCCN2)cc1. The Hall–Kier alpha value is -1.29. The molecule has 0 unspecified atom stereocenters. The number of ketones is 1. The zero-order chi connectivity index (χ0) is 12.1. The van der Waals surface area contributed by atoms with Gasteiger partial charge in [0, 0.05) is 17.0 Å². The minimum atomic E-state index is 0.131. The van der Waals surface area contributed by atoms with Crippen molar-refractivity contribution in [2.24, 2.45) is 4.99 Å². The van der Waals surface area contributed by atoms with Crippen molar-refractivity contribution in [2.75, 3.05) is 18.8 Å². The summed E-state index contributed by atoms with van der Waals surface area (Å²) in [5, 5.41) is 3.11. The lowest BCUT2D eigenvalue weighted by molar-refractivity contribution is 0.1000. The number of aliphatic imine (C=N–C) groups is 1. The molecule has 3 nitrogen and oxygen atoms in total. The molecule has 0 atom stereocenters. The average molecular weight is 248 g/mol. The van der Waals surface area contributed by atoms with E-state index < -0.39 is 0 Å². The molecule has 17 heavy (non-hydrogen) atoms. The molecule has 90 valence electrons. The van der Waals surface area contributed by atoms with E-state index in [2.05, 4.69) is 17.2 Å². The third-order valence-electron chi connectivity index (χ3n) is 2.56. The van der Waals surface area contributed by atoms with Crippen molar-refractivity contribution in [2.45, 2.75) is 18.2 Å². The summed E-state index contributed by atoms with van der Waals surface area (Å²) in [5.74, 6) is 2.00. The van der Waals surface area contributed by atoms with Gasteiger partial charge in [-0.05, 0) is 17.9 Å². The number of thioether (sulfide) groups is 1. The molecule has 1 N–H and O–H groups in total. The Bertz CT molecular complexity index is 426. The molecule has 4 heteroatoms. The fourth-order valence-corrected chi connectivity index (χ4v) is 2.39. The molecule has 0 bridgehead atoms. The van der Waals surface area contributed by atoms with Gasteiger partial charge >= 0.3 is 0 Å². The molecule has 1 heterocycles. The van der Waals surface area contributed by atoms with E-state index in [-0.39, 0.29) is 5.78 Å². The van der Waals surface area contributed by atoms with Gasteiger partial charge in [-0.25, -0.2) is 0 Å². The quantitative estimate of drug-likeness (QED) is 0.642. The summed E-state index contributed by atoms with van der Waals surface area (Å²) in [4.78, 5) is 17.4. The summed E-state index contributed by atoms with van der Waals surface area (Å²) in [5.41, 5.74) is 0.766. The Labute approximate surface area is 106 Å². The van der Waals surface area contributed by atoms with Crippen molar-refractivity contribution < 1.29 is 4.79 Å². The van der Waals surface area contributed by atoms with Gasteiger partial charge in [0.1, 0.15) is 5.84 Å². The fourth-order valence-electron chi connectivity index (χ4n) is 1.72. The highest BCUT2D eigenvalue weighted by Crippen LogP contribution is 2.18. The van der Waals surface area contributed by atoms with E-state index in [1.807, 2.05) is 24.3 Å². The smallest absolute Gasteiger partial charge is 0.170 e. The number of benzene rings is 1. The van der Waals surface area contributed by atoms with Gasteiger partial charge in [-0.3, -0.25) is 9.79 Å². The number of rotatable bonds is 5. The van der Waals surface area contributed by atoms with Crippen LogP contribution in [0.25, 0.3) is 0 Å². The molecule has 0 saturated heterocycles. The van der Waals surface area contributed by atoms with Gasteiger partial charge in [0.05, 0.1) is 13.0 Å². The van der Waals surface area contributed by atoms with Gasteiger partial charge in [0.2, 0.25) is 0 Å². The van der Waals surface area contributed by atoms with E-state index in [0.29, 0.717) is 6.42 Å². The van der Waals surface area contributed by atoms with Gasteiger partial charge in [-0.2, -0.15) is 0 Å². The van der Waals surface area contributed by atoms with Gasteiger partial charge in [-0.15, -0.1) is 11.8 Å². The topological polar surface area (TPSA) is 41.5 Å². The molecule has 0 spiro atoms. The third-order valence-corrected chi connectivity index (χ3v) is 3.45. The summed E-state index contributed by atoms with van der Waals surface area (Å²) >= 11 is 1.78. The predicted molar refractivity (Wildman–Crippen MR) is 72.1 cm³/mol. The molecule has 1 aromatic rings. The minimum absolute atomic E-state index is 0.131. The summed E-state index contributed by atoms with van der Waals surface area (Å²) < 4.78 is 0. The van der Waals surface area contributed by atoms with E-state index in [0.717, 1.165) is 30.2 Å². The number of hydrogen-bond acceptors (Lipinski definition) is 4. The first-order chi connectivity index (χ1) is 8.29. The van der Waals surface area contributed by atoms with Crippen molar-refractivity contribution in [3.8, 4) is 0 Å². The van der Waals surface area contributed by atoms with E-state index in [1.165, 1.54) is 4.90 Å². The molecule has 1 aromatic carbocycles. The molecule has 2 rings (SSSR count). The Morgan fingerprint density at radius 3 is 2.76 bits per heavy atom. The Morgan fingerprint density at radius 1 is 1.41 bits per heavy atom. The number of nitrogens with zero attached hydrogens (tertiary/aromatic N) is 1. The van der Waals surface area contributed by atoms with Crippen LogP contribution in [0.4, 0.5) is 0 Å². The standard InChI is InChI=1S/C13H16N2OS/c1-2-17-11-5-3-10(4-6-11)12(16)9-13-14-7-8-15-13/h3-6H,2,7-9H2,1H3,(H,14,15). The Kier molecular flexibility index (Phi) is 4.20. The highest BCUT2D eigenvalue weighted by molar-refractivity contribution is 7.99. The highest BCUT2D eigenvalue weighted by atomic mass is 32.2. The number of hydrogen-bond donors (Lipinski definition) is 1. The lowest BCUT2D eigenvalue weighted by Gasteiger charge is -2.03. The maximum Gasteiger partial charge on any atom is 0.170 e. The summed E-state index contributed by atoms with van der Waals surface area (Å²) in [6, 6.07) is 7.81. The van der Waals surface area contributed by atoms with Crippen molar-refractivity contribution in [3.05, 3.63) is 29.8 Å². The predicted octanol–water partition coefficient (Wildman–Crippen LogP) is 2.37. The van der Waals surface area contributed by atoms with Crippen LogP contribution in [0.3, 0.4) is 0 Å². The zero-order valence-electron chi connectivity index (χ0n) is 9.90. The molecule has 0 amide bonds. The lowest BCUT2D eigenvalue weighted by Crippen LogP contribution is -2.21. The molecule has 0 aliphatic carbocycles. The molecule has 1 aliphatic rings. The number of amidine groups is 1. The molecule has 0 radical (unpaired) electrons. The van der Waals surface area contributed by atoms with Crippen molar-refractivity contribution in [1.29, 1.82) is 0 Å². The van der Waals surface area contributed by atoms with E-state index in [4.69, 9.17) is 0 Å². The van der Waals surface area contributed by atoms with E-state index >= 15 is 0 Å². The Morgan fingerprint density at radius 2 is 2.18 bits per heavy atom. The lowest BCUT2D eigenvalue weighted by atomic mass is 10.1. The monoisotopic (exact) mass is 248 g/mol. The summed E-state index contributed by atoms with van der Waals surface area (Å²) in [6.45, 7) is 3.76. The molecule has 0 saturated carbocycles. The van der Waals surface area contributed by atoms with Gasteiger partial charge in [-0.1, -0.05) is 19.1 Å². The molecular weight excluding hydrogens is 232 g/mol. The minimum Gasteiger partial charge on any atom is -0.372 e. The number of carbonyl (C=O) groups excluding carboxylic acids is 1. The first kappa shape index (κ1) is 12.2. The van der Waals surface area contributed by atoms with Crippen LogP contribution in [-0.4, -0.2) is 30.5 Å². The average Bonchev–Trinajstić information content (AvgIpc) is 2.83. The number of carbonyl (C=O) groups is 1. The van der Waals surface area contributed by atoms with Crippen molar-refractivity contribution in [1.82, 2.24) is 5.32 Å². The first-order valence-corrected chi connectivity index (χ1v) is 6.81. The van der Waals surface area contributed by atoms with E-state index in [1.54, 1.807) is 11.8 Å². The molecule has 0 fully saturated rings. The largest absolute Gasteiger partial charge is 0.372 e. The zero-order valence-corrected chi connectivity index (χ0v) is 10.7. The molecule has 0 aromatic heterocycles. The summed E-state index contributed by atoms with van der Waals surface area (Å²) in [7, 11) is 0. The first-order valence-electron chi connectivity index (χ1n) is 5.83. The van der Waals surface area contributed by atoms with Crippen LogP contribution < -0.4 is 5.32 Å². The van der Waals surface area contributed by atoms with Crippen molar-refractivity contribution >= 4 is 23.4 Å². The molecule has 1 aliphatic heterocycles. The highest BCUT2D eigenvalue weighted by Gasteiger charge is 2.12. The number of Topliss-reactive ketones (excluding diaryl/α,β-unsaturated/α-hetero) is 1. The second-order valence-corrected chi connectivity index (χ2v) is 5.15. The second kappa shape index (κ2) is 5.87. The second-order valence-electron chi connectivity index (χ2n) is 3.81. The maximum absolute atomic E-state index is 11.9. The van der Waals surface area contributed by atoms with Crippen LogP contribution in [0.2, 0.25) is 0 Å². The van der Waals surface area contributed by atoms with Crippen LogP contribution in [0.15, 0.2) is 34.2 Å². The van der Waals surface area contributed by atoms with Crippen LogP contribution in [0.1, 0.15) is 23.7 Å². The van der Waals surface area contributed by atoms with Crippen molar-refractivity contribution in [3.63, 3.8) is 0 Å². The van der Waals surface area contributed by atoms with Gasteiger partial charge in [0.15, 0.2) is 5.78 Å². The fraction of sp³-hybridized carbons (Fsp3) is 0.385. The normalized spacial score (nSPS) is 14.3. The van der Waals surface area contributed by atoms with Crippen LogP contribution in [0.5, 0.6) is 0 Å². The van der Waals surface area contributed by atoms with E-state index in [9.17, 15) is 4.79 Å². The summed E-state index contributed by atoms with van der Waals surface area (Å²) in [6.07, 6.45) is 0.389. The Balaban J connectivity index is 1.98. The van der Waals surface area contributed by atoms with Crippen LogP contribution >= 0.6 is 11.8 Å². The maximum atomic E-state index is 11.9. The van der Waals surface area contributed by atoms with Crippen LogP contribution in [-0.2, 0) is 0 Å². The third kappa shape index (κ3) is 3.33. The van der Waals surface area contributed by atoms with Gasteiger partial charge < -0.3 is 5.32 Å². The van der Waals surface area contributed by atoms with Crippen LogP contribution in [0, 0.1) is 0 Å².